The number of ether oxygens (including phenoxy) is 3. The predicted octanol–water partition coefficient (Wildman–Crippen LogP) is 3.78. The van der Waals surface area contributed by atoms with Gasteiger partial charge in [0.1, 0.15) is 17.9 Å². The third-order valence-electron chi connectivity index (χ3n) is 5.35. The van der Waals surface area contributed by atoms with Gasteiger partial charge in [0.2, 0.25) is 0 Å². The van der Waals surface area contributed by atoms with Crippen molar-refractivity contribution in [3.63, 3.8) is 0 Å². The van der Waals surface area contributed by atoms with Gasteiger partial charge < -0.3 is 18.8 Å². The molecular weight excluding hydrogens is 370 g/mol. The number of aryl methyl sites for hydroxylation is 1. The molecule has 3 rings (SSSR count). The topological polar surface area (TPSA) is 66.8 Å². The van der Waals surface area contributed by atoms with Crippen molar-refractivity contribution >= 4 is 5.97 Å². The SMILES string of the molecule is CCOC(=O)c1cn2c(cc1=O)-c1cc(C)c(OCCOC)cc1CC2C(C)C. The molecule has 0 aliphatic carbocycles. The maximum Gasteiger partial charge on any atom is 0.343 e. The zero-order valence-corrected chi connectivity index (χ0v) is 17.8. The lowest BCUT2D eigenvalue weighted by Gasteiger charge is -2.34. The molecule has 0 radical (unpaired) electrons. The summed E-state index contributed by atoms with van der Waals surface area (Å²) in [6, 6.07) is 5.82. The Bertz CT molecular complexity index is 960. The molecule has 0 bridgehead atoms. The lowest BCUT2D eigenvalue weighted by Crippen LogP contribution is -2.28. The van der Waals surface area contributed by atoms with Crippen molar-refractivity contribution in [3.8, 4) is 17.0 Å². The number of carbonyl (C=O) groups is 1. The molecule has 0 N–H and O–H groups in total. The Hall–Kier alpha value is -2.60. The minimum Gasteiger partial charge on any atom is -0.491 e. The van der Waals surface area contributed by atoms with Gasteiger partial charge in [0.15, 0.2) is 5.43 Å². The summed E-state index contributed by atoms with van der Waals surface area (Å²) in [6.45, 7) is 9.27. The fourth-order valence-corrected chi connectivity index (χ4v) is 3.81. The smallest absolute Gasteiger partial charge is 0.343 e. The van der Waals surface area contributed by atoms with Crippen LogP contribution >= 0.6 is 0 Å². The summed E-state index contributed by atoms with van der Waals surface area (Å²) in [5.74, 6) is 0.583. The molecule has 0 saturated carbocycles. The van der Waals surface area contributed by atoms with Gasteiger partial charge in [-0.3, -0.25) is 4.79 Å². The second-order valence-electron chi connectivity index (χ2n) is 7.70. The number of aromatic nitrogens is 1. The van der Waals surface area contributed by atoms with Crippen molar-refractivity contribution in [1.82, 2.24) is 4.57 Å². The second-order valence-corrected chi connectivity index (χ2v) is 7.70. The van der Waals surface area contributed by atoms with Crippen LogP contribution in [-0.4, -0.2) is 37.5 Å². The van der Waals surface area contributed by atoms with E-state index in [0.29, 0.717) is 19.1 Å². The first-order valence-corrected chi connectivity index (χ1v) is 10.1. The van der Waals surface area contributed by atoms with E-state index in [1.54, 1.807) is 26.3 Å². The number of carbonyl (C=O) groups excluding carboxylic acids is 1. The minimum atomic E-state index is -0.570. The monoisotopic (exact) mass is 399 g/mol. The van der Waals surface area contributed by atoms with E-state index in [2.05, 4.69) is 30.5 Å². The summed E-state index contributed by atoms with van der Waals surface area (Å²) in [7, 11) is 1.65. The van der Waals surface area contributed by atoms with Crippen molar-refractivity contribution in [2.24, 2.45) is 5.92 Å². The third kappa shape index (κ3) is 4.22. The zero-order chi connectivity index (χ0) is 21.1. The van der Waals surface area contributed by atoms with Gasteiger partial charge in [-0.25, -0.2) is 4.79 Å². The minimum absolute atomic E-state index is 0.0842. The van der Waals surface area contributed by atoms with Crippen molar-refractivity contribution < 1.29 is 19.0 Å². The molecule has 2 aromatic rings. The molecule has 2 heterocycles. The number of benzene rings is 1. The van der Waals surface area contributed by atoms with E-state index in [1.165, 1.54) is 0 Å². The molecule has 0 spiro atoms. The van der Waals surface area contributed by atoms with Crippen LogP contribution in [0.1, 0.15) is 48.3 Å². The lowest BCUT2D eigenvalue weighted by atomic mass is 9.86. The highest BCUT2D eigenvalue weighted by molar-refractivity contribution is 5.89. The highest BCUT2D eigenvalue weighted by Gasteiger charge is 2.29. The number of methoxy groups -OCH3 is 1. The third-order valence-corrected chi connectivity index (χ3v) is 5.35. The molecule has 1 aliphatic heterocycles. The first kappa shape index (κ1) is 21.1. The molecule has 1 aromatic carbocycles. The maximum absolute atomic E-state index is 12.7. The summed E-state index contributed by atoms with van der Waals surface area (Å²) in [5, 5.41) is 0. The van der Waals surface area contributed by atoms with Crippen LogP contribution in [0.2, 0.25) is 0 Å². The van der Waals surface area contributed by atoms with E-state index < -0.39 is 5.97 Å². The lowest BCUT2D eigenvalue weighted by molar-refractivity contribution is 0.0523. The van der Waals surface area contributed by atoms with Gasteiger partial charge in [-0.15, -0.1) is 0 Å². The normalized spacial score (nSPS) is 15.0. The van der Waals surface area contributed by atoms with Crippen LogP contribution in [0.5, 0.6) is 5.75 Å². The Morgan fingerprint density at radius 3 is 2.66 bits per heavy atom. The van der Waals surface area contributed by atoms with E-state index in [4.69, 9.17) is 14.2 Å². The molecule has 0 saturated heterocycles. The Morgan fingerprint density at radius 2 is 2.00 bits per heavy atom. The highest BCUT2D eigenvalue weighted by Crippen LogP contribution is 2.40. The molecule has 1 atom stereocenters. The number of rotatable bonds is 7. The molecule has 156 valence electrons. The molecule has 6 heteroatoms. The Kier molecular flexibility index (Phi) is 6.42. The fraction of sp³-hybridized carbons (Fsp3) is 0.478. The first-order chi connectivity index (χ1) is 13.9. The summed E-state index contributed by atoms with van der Waals surface area (Å²) in [4.78, 5) is 24.9. The molecule has 1 aliphatic rings. The highest BCUT2D eigenvalue weighted by atomic mass is 16.5. The largest absolute Gasteiger partial charge is 0.491 e. The molecular formula is C23H29NO5. The Balaban J connectivity index is 2.11. The number of nitrogens with zero attached hydrogens (tertiary/aromatic N) is 1. The van der Waals surface area contributed by atoms with Gasteiger partial charge in [-0.05, 0) is 49.4 Å². The number of fused-ring (bicyclic) bond motifs is 3. The predicted molar refractivity (Wildman–Crippen MR) is 112 cm³/mol. The molecule has 1 unspecified atom stereocenters. The van der Waals surface area contributed by atoms with Crippen LogP contribution in [0.4, 0.5) is 0 Å². The van der Waals surface area contributed by atoms with E-state index in [1.807, 2.05) is 6.92 Å². The summed E-state index contributed by atoms with van der Waals surface area (Å²) < 4.78 is 18.1. The second kappa shape index (κ2) is 8.82. The fourth-order valence-electron chi connectivity index (χ4n) is 3.81. The van der Waals surface area contributed by atoms with Crippen molar-refractivity contribution in [2.45, 2.75) is 40.2 Å². The zero-order valence-electron chi connectivity index (χ0n) is 17.8. The Morgan fingerprint density at radius 1 is 1.24 bits per heavy atom. The number of pyridine rings is 1. The first-order valence-electron chi connectivity index (χ1n) is 10.1. The van der Waals surface area contributed by atoms with Crippen LogP contribution in [-0.2, 0) is 15.9 Å². The molecule has 0 fully saturated rings. The average Bonchev–Trinajstić information content (AvgIpc) is 2.68. The number of hydrogen-bond acceptors (Lipinski definition) is 5. The van der Waals surface area contributed by atoms with Gasteiger partial charge in [-0.1, -0.05) is 13.8 Å². The maximum atomic E-state index is 12.7. The number of esters is 1. The van der Waals surface area contributed by atoms with Crippen LogP contribution in [0, 0.1) is 12.8 Å². The summed E-state index contributed by atoms with van der Waals surface area (Å²) in [6.07, 6.45) is 2.47. The standard InChI is InChI=1S/C23H29NO5/c1-6-28-23(26)18-13-24-19(14(2)3)10-16-11-22(29-8-7-27-5)15(4)9-17(16)20(24)12-21(18)25/h9,11-14,19H,6-8,10H2,1-5H3. The Labute approximate surface area is 171 Å². The molecule has 0 amide bonds. The van der Waals surface area contributed by atoms with Crippen molar-refractivity contribution in [3.05, 3.63) is 51.3 Å². The van der Waals surface area contributed by atoms with Gasteiger partial charge in [0.25, 0.3) is 0 Å². The summed E-state index contributed by atoms with van der Waals surface area (Å²) >= 11 is 0. The van der Waals surface area contributed by atoms with Crippen molar-refractivity contribution in [1.29, 1.82) is 0 Å². The van der Waals surface area contributed by atoms with Gasteiger partial charge >= 0.3 is 5.97 Å². The van der Waals surface area contributed by atoms with Crippen LogP contribution < -0.4 is 10.2 Å². The molecule has 1 aromatic heterocycles. The van der Waals surface area contributed by atoms with Crippen molar-refractivity contribution in [2.75, 3.05) is 26.9 Å². The molecule has 6 nitrogen and oxygen atoms in total. The molecule has 29 heavy (non-hydrogen) atoms. The van der Waals surface area contributed by atoms with Gasteiger partial charge in [-0.2, -0.15) is 0 Å². The van der Waals surface area contributed by atoms with E-state index >= 15 is 0 Å². The van der Waals surface area contributed by atoms with E-state index in [0.717, 1.165) is 34.6 Å². The van der Waals surface area contributed by atoms with E-state index in [9.17, 15) is 9.59 Å². The van der Waals surface area contributed by atoms with Crippen LogP contribution in [0.15, 0.2) is 29.2 Å². The van der Waals surface area contributed by atoms with Gasteiger partial charge in [0, 0.05) is 31.0 Å². The van der Waals surface area contributed by atoms with Crippen LogP contribution in [0.25, 0.3) is 11.3 Å². The average molecular weight is 399 g/mol. The van der Waals surface area contributed by atoms with Crippen LogP contribution in [0.3, 0.4) is 0 Å². The van der Waals surface area contributed by atoms with E-state index in [-0.39, 0.29) is 23.6 Å². The summed E-state index contributed by atoms with van der Waals surface area (Å²) in [5.41, 5.74) is 3.74. The number of hydrogen-bond donors (Lipinski definition) is 0. The quantitative estimate of drug-likeness (QED) is 0.524. The van der Waals surface area contributed by atoms with Gasteiger partial charge in [0.05, 0.1) is 18.9 Å².